The lowest BCUT2D eigenvalue weighted by Crippen LogP contribution is -2.45. The molecule has 1 fully saturated rings. The molecule has 19 heavy (non-hydrogen) atoms. The standard InChI is InChI=1S/C14H23N3OS/c1-2-12(13-4-3-9-19-13)16-14(18)10-17-7-5-11(15)6-8-17/h3-4,9,11-12H,2,5-8,10,15H2,1H3,(H,16,18). The monoisotopic (exact) mass is 281 g/mol. The number of carbonyl (C=O) groups is 1. The predicted octanol–water partition coefficient (Wildman–Crippen LogP) is 1.74. The van der Waals surface area contributed by atoms with Crippen molar-refractivity contribution in [2.45, 2.75) is 38.3 Å². The van der Waals surface area contributed by atoms with Crippen LogP contribution in [0.2, 0.25) is 0 Å². The van der Waals surface area contributed by atoms with Crippen LogP contribution in [0, 0.1) is 0 Å². The highest BCUT2D eigenvalue weighted by molar-refractivity contribution is 7.10. The van der Waals surface area contributed by atoms with Gasteiger partial charge in [0.05, 0.1) is 12.6 Å². The van der Waals surface area contributed by atoms with E-state index in [0.29, 0.717) is 12.6 Å². The van der Waals surface area contributed by atoms with Crippen molar-refractivity contribution >= 4 is 17.2 Å². The highest BCUT2D eigenvalue weighted by Gasteiger charge is 2.20. The van der Waals surface area contributed by atoms with E-state index < -0.39 is 0 Å². The lowest BCUT2D eigenvalue weighted by Gasteiger charge is -2.29. The van der Waals surface area contributed by atoms with Gasteiger partial charge in [-0.3, -0.25) is 9.69 Å². The van der Waals surface area contributed by atoms with Crippen LogP contribution >= 0.6 is 11.3 Å². The number of amides is 1. The van der Waals surface area contributed by atoms with Crippen molar-refractivity contribution in [3.05, 3.63) is 22.4 Å². The van der Waals surface area contributed by atoms with Gasteiger partial charge in [0.2, 0.25) is 5.91 Å². The molecule has 5 heteroatoms. The van der Waals surface area contributed by atoms with Crippen LogP contribution in [0.1, 0.15) is 37.1 Å². The minimum Gasteiger partial charge on any atom is -0.347 e. The lowest BCUT2D eigenvalue weighted by molar-refractivity contribution is -0.123. The average molecular weight is 281 g/mol. The number of piperidine rings is 1. The first-order valence-corrected chi connectivity index (χ1v) is 7.87. The van der Waals surface area contributed by atoms with Crippen molar-refractivity contribution < 1.29 is 4.79 Å². The largest absolute Gasteiger partial charge is 0.347 e. The molecule has 3 N–H and O–H groups in total. The van der Waals surface area contributed by atoms with Crippen molar-refractivity contribution in [1.82, 2.24) is 10.2 Å². The maximum absolute atomic E-state index is 12.1. The van der Waals surface area contributed by atoms with Crippen LogP contribution in [0.3, 0.4) is 0 Å². The molecular formula is C14H23N3OS. The van der Waals surface area contributed by atoms with Gasteiger partial charge in [0.15, 0.2) is 0 Å². The molecular weight excluding hydrogens is 258 g/mol. The van der Waals surface area contributed by atoms with Crippen molar-refractivity contribution in [2.24, 2.45) is 5.73 Å². The molecule has 1 aromatic heterocycles. The minimum absolute atomic E-state index is 0.121. The number of nitrogens with one attached hydrogen (secondary N) is 1. The molecule has 1 aliphatic heterocycles. The molecule has 106 valence electrons. The Balaban J connectivity index is 1.80. The Hall–Kier alpha value is -0.910. The number of hydrogen-bond donors (Lipinski definition) is 2. The van der Waals surface area contributed by atoms with E-state index in [9.17, 15) is 4.79 Å². The summed E-state index contributed by atoms with van der Waals surface area (Å²) in [6, 6.07) is 4.58. The zero-order valence-corrected chi connectivity index (χ0v) is 12.3. The maximum Gasteiger partial charge on any atom is 0.234 e. The molecule has 1 saturated heterocycles. The second-order valence-electron chi connectivity index (χ2n) is 5.16. The summed E-state index contributed by atoms with van der Waals surface area (Å²) in [5.74, 6) is 0.121. The quantitative estimate of drug-likeness (QED) is 0.864. The van der Waals surface area contributed by atoms with Gasteiger partial charge in [-0.05, 0) is 30.7 Å². The first-order chi connectivity index (χ1) is 9.19. The number of nitrogens with two attached hydrogens (primary N) is 1. The van der Waals surface area contributed by atoms with Crippen LogP contribution in [0.15, 0.2) is 17.5 Å². The fraction of sp³-hybridized carbons (Fsp3) is 0.643. The van der Waals surface area contributed by atoms with E-state index in [0.717, 1.165) is 32.4 Å². The second-order valence-corrected chi connectivity index (χ2v) is 6.14. The zero-order valence-electron chi connectivity index (χ0n) is 11.5. The van der Waals surface area contributed by atoms with E-state index in [4.69, 9.17) is 5.73 Å². The first kappa shape index (κ1) is 14.5. The lowest BCUT2D eigenvalue weighted by atomic mass is 10.1. The van der Waals surface area contributed by atoms with Gasteiger partial charge in [-0.1, -0.05) is 13.0 Å². The van der Waals surface area contributed by atoms with E-state index in [1.165, 1.54) is 4.88 Å². The summed E-state index contributed by atoms with van der Waals surface area (Å²) in [5, 5.41) is 5.18. The van der Waals surface area contributed by atoms with Crippen LogP contribution in [0.5, 0.6) is 0 Å². The summed E-state index contributed by atoms with van der Waals surface area (Å²) in [6.07, 6.45) is 2.92. The number of nitrogens with zero attached hydrogens (tertiary/aromatic N) is 1. The van der Waals surface area contributed by atoms with Crippen LogP contribution in [0.4, 0.5) is 0 Å². The molecule has 1 amide bonds. The number of thiophene rings is 1. The Bertz CT molecular complexity index is 385. The number of likely N-dealkylation sites (tertiary alicyclic amines) is 1. The van der Waals surface area contributed by atoms with E-state index >= 15 is 0 Å². The molecule has 0 spiro atoms. The molecule has 1 aliphatic rings. The molecule has 0 saturated carbocycles. The summed E-state index contributed by atoms with van der Waals surface area (Å²) in [4.78, 5) is 15.5. The second kappa shape index (κ2) is 7.03. The Kier molecular flexibility index (Phi) is 5.36. The van der Waals surface area contributed by atoms with Gasteiger partial charge >= 0.3 is 0 Å². The van der Waals surface area contributed by atoms with Gasteiger partial charge in [-0.15, -0.1) is 11.3 Å². The van der Waals surface area contributed by atoms with Crippen LogP contribution < -0.4 is 11.1 Å². The summed E-state index contributed by atoms with van der Waals surface area (Å²) >= 11 is 1.70. The van der Waals surface area contributed by atoms with Crippen molar-refractivity contribution in [2.75, 3.05) is 19.6 Å². The molecule has 2 rings (SSSR count). The Morgan fingerprint density at radius 3 is 2.89 bits per heavy atom. The third kappa shape index (κ3) is 4.30. The smallest absolute Gasteiger partial charge is 0.234 e. The molecule has 0 bridgehead atoms. The summed E-state index contributed by atoms with van der Waals surface area (Å²) in [6.45, 7) is 4.47. The van der Waals surface area contributed by atoms with Gasteiger partial charge in [0.25, 0.3) is 0 Å². The molecule has 4 nitrogen and oxygen atoms in total. The van der Waals surface area contributed by atoms with E-state index in [2.05, 4.69) is 28.6 Å². The Morgan fingerprint density at radius 1 is 1.58 bits per heavy atom. The van der Waals surface area contributed by atoms with Crippen molar-refractivity contribution in [1.29, 1.82) is 0 Å². The number of rotatable bonds is 5. The first-order valence-electron chi connectivity index (χ1n) is 6.99. The minimum atomic E-state index is 0.121. The van der Waals surface area contributed by atoms with Gasteiger partial charge in [0, 0.05) is 24.0 Å². The normalized spacial score (nSPS) is 19.3. The van der Waals surface area contributed by atoms with E-state index in [1.54, 1.807) is 11.3 Å². The van der Waals surface area contributed by atoms with Crippen LogP contribution in [0.25, 0.3) is 0 Å². The third-order valence-corrected chi connectivity index (χ3v) is 4.62. The molecule has 0 aliphatic carbocycles. The van der Waals surface area contributed by atoms with E-state index in [1.807, 2.05) is 6.07 Å². The Morgan fingerprint density at radius 2 is 2.32 bits per heavy atom. The van der Waals surface area contributed by atoms with Crippen LogP contribution in [-0.2, 0) is 4.79 Å². The summed E-state index contributed by atoms with van der Waals surface area (Å²) < 4.78 is 0. The Labute approximate surface area is 119 Å². The highest BCUT2D eigenvalue weighted by atomic mass is 32.1. The van der Waals surface area contributed by atoms with Crippen molar-refractivity contribution in [3.63, 3.8) is 0 Å². The summed E-state index contributed by atoms with van der Waals surface area (Å²) in [5.41, 5.74) is 5.87. The molecule has 1 unspecified atom stereocenters. The highest BCUT2D eigenvalue weighted by Crippen LogP contribution is 2.21. The molecule has 0 radical (unpaired) electrons. The third-order valence-electron chi connectivity index (χ3n) is 3.63. The molecule has 1 atom stereocenters. The molecule has 1 aromatic rings. The number of hydrogen-bond acceptors (Lipinski definition) is 4. The van der Waals surface area contributed by atoms with Crippen LogP contribution in [-0.4, -0.2) is 36.5 Å². The zero-order chi connectivity index (χ0) is 13.7. The fourth-order valence-corrected chi connectivity index (χ4v) is 3.28. The van der Waals surface area contributed by atoms with Crippen molar-refractivity contribution in [3.8, 4) is 0 Å². The van der Waals surface area contributed by atoms with Gasteiger partial charge < -0.3 is 11.1 Å². The predicted molar refractivity (Wildman–Crippen MR) is 79.1 cm³/mol. The van der Waals surface area contributed by atoms with E-state index in [-0.39, 0.29) is 11.9 Å². The fourth-order valence-electron chi connectivity index (χ4n) is 2.42. The van der Waals surface area contributed by atoms with Gasteiger partial charge in [-0.2, -0.15) is 0 Å². The molecule has 2 heterocycles. The topological polar surface area (TPSA) is 58.4 Å². The maximum atomic E-state index is 12.1. The average Bonchev–Trinajstić information content (AvgIpc) is 2.92. The van der Waals surface area contributed by atoms with Gasteiger partial charge in [0.1, 0.15) is 0 Å². The van der Waals surface area contributed by atoms with Gasteiger partial charge in [-0.25, -0.2) is 0 Å². The molecule has 0 aromatic carbocycles. The number of carbonyl (C=O) groups excluding carboxylic acids is 1. The SMILES string of the molecule is CCC(NC(=O)CN1CCC(N)CC1)c1cccs1. The summed E-state index contributed by atoms with van der Waals surface area (Å²) in [7, 11) is 0.